The lowest BCUT2D eigenvalue weighted by atomic mass is 10.1. The van der Waals surface area contributed by atoms with Gasteiger partial charge >= 0.3 is 0 Å². The third-order valence-corrected chi connectivity index (χ3v) is 6.10. The van der Waals surface area contributed by atoms with Crippen molar-refractivity contribution in [3.05, 3.63) is 64.4 Å². The molecule has 7 nitrogen and oxygen atoms in total. The molecule has 1 atom stereocenters. The van der Waals surface area contributed by atoms with E-state index in [4.69, 9.17) is 4.42 Å². The van der Waals surface area contributed by atoms with E-state index in [-0.39, 0.29) is 11.6 Å². The minimum absolute atomic E-state index is 0.00524. The summed E-state index contributed by atoms with van der Waals surface area (Å²) in [6.07, 6.45) is 6.78. The second-order valence-electron chi connectivity index (χ2n) is 8.38. The Hall–Kier alpha value is -2.93. The Kier molecular flexibility index (Phi) is 5.12. The van der Waals surface area contributed by atoms with Crippen LogP contribution in [0.5, 0.6) is 0 Å². The zero-order valence-corrected chi connectivity index (χ0v) is 17.3. The lowest BCUT2D eigenvalue weighted by Crippen LogP contribution is -2.41. The Morgan fingerprint density at radius 2 is 1.97 bits per heavy atom. The number of oxazole rings is 1. The number of hydrogen-bond donors (Lipinski definition) is 0. The highest BCUT2D eigenvalue weighted by Gasteiger charge is 2.24. The summed E-state index contributed by atoms with van der Waals surface area (Å²) < 4.78 is 7.37. The van der Waals surface area contributed by atoms with Crippen molar-refractivity contribution in [3.63, 3.8) is 0 Å². The van der Waals surface area contributed by atoms with Gasteiger partial charge in [-0.3, -0.25) is 9.69 Å². The molecule has 0 radical (unpaired) electrons. The number of benzene rings is 1. The van der Waals surface area contributed by atoms with Gasteiger partial charge in [0.2, 0.25) is 5.89 Å². The predicted octanol–water partition coefficient (Wildman–Crippen LogP) is 3.25. The topological polar surface area (TPSA) is 67.4 Å². The van der Waals surface area contributed by atoms with Gasteiger partial charge in [0.1, 0.15) is 6.26 Å². The van der Waals surface area contributed by atoms with Crippen LogP contribution in [0.2, 0.25) is 0 Å². The fourth-order valence-corrected chi connectivity index (χ4v) is 4.24. The Labute approximate surface area is 175 Å². The lowest BCUT2D eigenvalue weighted by molar-refractivity contribution is 0.158. The van der Waals surface area contributed by atoms with E-state index in [1.807, 2.05) is 18.3 Å². The Balaban J connectivity index is 1.26. The first-order chi connectivity index (χ1) is 14.7. The predicted molar refractivity (Wildman–Crippen MR) is 116 cm³/mol. The van der Waals surface area contributed by atoms with E-state index in [9.17, 15) is 4.79 Å². The van der Waals surface area contributed by atoms with Gasteiger partial charge in [-0.15, -0.1) is 0 Å². The van der Waals surface area contributed by atoms with E-state index in [0.717, 1.165) is 56.0 Å². The fraction of sp³-hybridized carbons (Fsp3) is 0.435. The van der Waals surface area contributed by atoms with Gasteiger partial charge in [0.05, 0.1) is 23.6 Å². The largest absolute Gasteiger partial charge is 0.444 e. The van der Waals surface area contributed by atoms with Crippen LogP contribution < -0.4 is 10.5 Å². The highest BCUT2D eigenvalue weighted by Crippen LogP contribution is 2.24. The van der Waals surface area contributed by atoms with Crippen LogP contribution in [-0.4, -0.2) is 45.8 Å². The number of nitrogens with zero attached hydrogens (tertiary/aromatic N) is 5. The first kappa shape index (κ1) is 19.1. The molecule has 2 aliphatic rings. The summed E-state index contributed by atoms with van der Waals surface area (Å²) in [7, 11) is 0. The average Bonchev–Trinajstić information content (AvgIpc) is 3.16. The van der Waals surface area contributed by atoms with Crippen molar-refractivity contribution in [3.8, 4) is 11.5 Å². The van der Waals surface area contributed by atoms with E-state index in [1.54, 1.807) is 17.0 Å². The third kappa shape index (κ3) is 3.89. The van der Waals surface area contributed by atoms with E-state index in [0.29, 0.717) is 12.4 Å². The molecule has 0 saturated carbocycles. The van der Waals surface area contributed by atoms with Crippen LogP contribution in [0.1, 0.15) is 36.6 Å². The molecule has 2 saturated heterocycles. The number of anilines is 1. The average molecular weight is 406 g/mol. The molecule has 5 rings (SSSR count). The van der Waals surface area contributed by atoms with E-state index >= 15 is 0 Å². The molecule has 3 aromatic rings. The van der Waals surface area contributed by atoms with Crippen molar-refractivity contribution in [1.82, 2.24) is 19.7 Å². The molecular formula is C23H27N5O2. The van der Waals surface area contributed by atoms with Gasteiger partial charge in [-0.25, -0.2) is 9.67 Å². The fourth-order valence-electron chi connectivity index (χ4n) is 4.24. The van der Waals surface area contributed by atoms with Gasteiger partial charge in [-0.2, -0.15) is 5.10 Å². The number of hydrogen-bond acceptors (Lipinski definition) is 6. The van der Waals surface area contributed by atoms with Gasteiger partial charge in [0.25, 0.3) is 5.56 Å². The summed E-state index contributed by atoms with van der Waals surface area (Å²) in [6, 6.07) is 10.0. The van der Waals surface area contributed by atoms with Gasteiger partial charge in [-0.1, -0.05) is 17.7 Å². The van der Waals surface area contributed by atoms with Gasteiger partial charge in [0.15, 0.2) is 0 Å². The van der Waals surface area contributed by atoms with Crippen LogP contribution in [0.3, 0.4) is 0 Å². The minimum Gasteiger partial charge on any atom is -0.444 e. The summed E-state index contributed by atoms with van der Waals surface area (Å²) in [4.78, 5) is 21.9. The molecule has 2 aliphatic heterocycles. The van der Waals surface area contributed by atoms with Crippen molar-refractivity contribution in [2.75, 3.05) is 31.1 Å². The molecule has 2 fully saturated rings. The Morgan fingerprint density at radius 3 is 2.70 bits per heavy atom. The van der Waals surface area contributed by atoms with Crippen molar-refractivity contribution in [2.45, 2.75) is 38.8 Å². The summed E-state index contributed by atoms with van der Waals surface area (Å²) >= 11 is 0. The molecule has 4 heterocycles. The SMILES string of the molecule is Cc1ccc(-c2nc(CN3CCCC(n4ncc(N5CCC5)cc4=O)C3)co2)cc1. The van der Waals surface area contributed by atoms with Crippen LogP contribution in [0, 0.1) is 6.92 Å². The second kappa shape index (κ2) is 8.07. The van der Waals surface area contributed by atoms with Crippen LogP contribution in [0.15, 0.2) is 52.0 Å². The summed E-state index contributed by atoms with van der Waals surface area (Å²) in [6.45, 7) is 6.60. The number of aromatic nitrogens is 3. The molecule has 1 unspecified atom stereocenters. The highest BCUT2D eigenvalue weighted by molar-refractivity contribution is 5.53. The Morgan fingerprint density at radius 1 is 1.13 bits per heavy atom. The normalized spacial score (nSPS) is 19.6. The summed E-state index contributed by atoms with van der Waals surface area (Å²) in [5.74, 6) is 0.651. The van der Waals surface area contributed by atoms with Crippen molar-refractivity contribution in [2.24, 2.45) is 0 Å². The molecule has 1 aromatic carbocycles. The molecule has 0 aliphatic carbocycles. The Bertz CT molecular complexity index is 1070. The molecule has 0 bridgehead atoms. The van der Waals surface area contributed by atoms with E-state index in [2.05, 4.69) is 38.9 Å². The molecule has 0 amide bonds. The standard InChI is InChI=1S/C23H27N5O2/c1-17-5-7-18(8-6-17)23-25-19(16-30-23)14-26-9-2-4-20(15-26)28-22(29)12-21(13-24-28)27-10-3-11-27/h5-8,12-13,16,20H,2-4,9-11,14-15H2,1H3. The maximum atomic E-state index is 12.7. The third-order valence-electron chi connectivity index (χ3n) is 6.10. The monoisotopic (exact) mass is 405 g/mol. The number of rotatable bonds is 5. The maximum Gasteiger partial charge on any atom is 0.269 e. The van der Waals surface area contributed by atoms with Crippen molar-refractivity contribution < 1.29 is 4.42 Å². The quantitative estimate of drug-likeness (QED) is 0.649. The summed E-state index contributed by atoms with van der Waals surface area (Å²) in [5.41, 5.74) is 4.06. The van der Waals surface area contributed by atoms with Crippen LogP contribution in [-0.2, 0) is 6.54 Å². The number of likely N-dealkylation sites (tertiary alicyclic amines) is 1. The molecule has 156 valence electrons. The second-order valence-corrected chi connectivity index (χ2v) is 8.38. The molecule has 0 N–H and O–H groups in total. The number of piperidine rings is 1. The van der Waals surface area contributed by atoms with Crippen molar-refractivity contribution >= 4 is 5.69 Å². The molecule has 2 aromatic heterocycles. The van der Waals surface area contributed by atoms with Gasteiger partial charge in [0, 0.05) is 37.8 Å². The van der Waals surface area contributed by atoms with Crippen molar-refractivity contribution in [1.29, 1.82) is 0 Å². The van der Waals surface area contributed by atoms with E-state index < -0.39 is 0 Å². The van der Waals surface area contributed by atoms with E-state index in [1.165, 1.54) is 12.0 Å². The molecule has 30 heavy (non-hydrogen) atoms. The van der Waals surface area contributed by atoms with Gasteiger partial charge in [-0.05, 0) is 44.9 Å². The molecular weight excluding hydrogens is 378 g/mol. The highest BCUT2D eigenvalue weighted by atomic mass is 16.3. The zero-order chi connectivity index (χ0) is 20.5. The minimum atomic E-state index is -0.00524. The van der Waals surface area contributed by atoms with Crippen LogP contribution >= 0.6 is 0 Å². The van der Waals surface area contributed by atoms with Crippen LogP contribution in [0.4, 0.5) is 5.69 Å². The smallest absolute Gasteiger partial charge is 0.269 e. The molecule has 7 heteroatoms. The lowest BCUT2D eigenvalue weighted by Gasteiger charge is -2.34. The molecule has 0 spiro atoms. The summed E-state index contributed by atoms with van der Waals surface area (Å²) in [5, 5.41) is 4.50. The maximum absolute atomic E-state index is 12.7. The zero-order valence-electron chi connectivity index (χ0n) is 17.3. The van der Waals surface area contributed by atoms with Gasteiger partial charge < -0.3 is 9.32 Å². The first-order valence-corrected chi connectivity index (χ1v) is 10.7. The van der Waals surface area contributed by atoms with Crippen LogP contribution in [0.25, 0.3) is 11.5 Å². The first-order valence-electron chi connectivity index (χ1n) is 10.7. The number of aryl methyl sites for hydroxylation is 1.